The van der Waals surface area contributed by atoms with Crippen LogP contribution < -0.4 is 9.80 Å². The van der Waals surface area contributed by atoms with Gasteiger partial charge in [0.2, 0.25) is 0 Å². The molecule has 0 aliphatic carbocycles. The second kappa shape index (κ2) is 12.1. The van der Waals surface area contributed by atoms with Crippen LogP contribution in [-0.4, -0.2) is 0 Å². The fourth-order valence-electron chi connectivity index (χ4n) is 9.63. The molecular weight excluding hydrogens is 725 g/mol. The SMILES string of the molecule is c1ccc(N(c2cc3ccc4cccc5oc(c2)c3c45)c2ccc3ccc4c(N(c5ccccc5)c5cccc6c5sc5ccccc56)ccc5ccc2c3c54)cc1. The summed E-state index contributed by atoms with van der Waals surface area (Å²) < 4.78 is 9.16. The van der Waals surface area contributed by atoms with Gasteiger partial charge in [-0.05, 0) is 93.0 Å². The second-order valence-electron chi connectivity index (χ2n) is 15.2. The quantitative estimate of drug-likeness (QED) is 0.158. The molecule has 2 aromatic heterocycles. The van der Waals surface area contributed by atoms with Crippen LogP contribution in [0.25, 0.3) is 85.2 Å². The molecule has 270 valence electrons. The van der Waals surface area contributed by atoms with Crippen LogP contribution in [0.1, 0.15) is 0 Å². The molecule has 0 unspecified atom stereocenters. The number of fused-ring (bicyclic) bond motifs is 3. The lowest BCUT2D eigenvalue weighted by molar-refractivity contribution is 0.669. The Labute approximate surface area is 337 Å². The van der Waals surface area contributed by atoms with Gasteiger partial charge < -0.3 is 14.2 Å². The van der Waals surface area contributed by atoms with Gasteiger partial charge in [-0.15, -0.1) is 11.3 Å². The Kier molecular flexibility index (Phi) is 6.60. The Morgan fingerprint density at radius 2 is 0.897 bits per heavy atom. The van der Waals surface area contributed by atoms with Crippen molar-refractivity contribution in [2.45, 2.75) is 0 Å². The van der Waals surface area contributed by atoms with Crippen molar-refractivity contribution < 1.29 is 4.42 Å². The Balaban J connectivity index is 1.07. The van der Waals surface area contributed by atoms with E-state index in [0.717, 1.165) is 39.6 Å². The van der Waals surface area contributed by atoms with Gasteiger partial charge >= 0.3 is 0 Å². The van der Waals surface area contributed by atoms with Crippen LogP contribution in [0, 0.1) is 0 Å². The zero-order valence-corrected chi connectivity index (χ0v) is 32.0. The van der Waals surface area contributed by atoms with Crippen molar-refractivity contribution in [3.05, 3.63) is 194 Å². The Morgan fingerprint density at radius 1 is 0.328 bits per heavy atom. The third-order valence-electron chi connectivity index (χ3n) is 12.1. The summed E-state index contributed by atoms with van der Waals surface area (Å²) in [5.41, 5.74) is 8.56. The lowest BCUT2D eigenvalue weighted by Crippen LogP contribution is -2.11. The van der Waals surface area contributed by atoms with Crippen LogP contribution in [0.3, 0.4) is 0 Å². The van der Waals surface area contributed by atoms with Crippen molar-refractivity contribution in [2.75, 3.05) is 9.80 Å². The molecule has 0 amide bonds. The van der Waals surface area contributed by atoms with E-state index in [0.29, 0.717) is 0 Å². The van der Waals surface area contributed by atoms with E-state index in [4.69, 9.17) is 4.42 Å². The van der Waals surface area contributed by atoms with Gasteiger partial charge in [-0.25, -0.2) is 0 Å². The van der Waals surface area contributed by atoms with E-state index < -0.39 is 0 Å². The summed E-state index contributed by atoms with van der Waals surface area (Å²) in [6.45, 7) is 0. The summed E-state index contributed by atoms with van der Waals surface area (Å²) in [7, 11) is 0. The molecule has 13 aromatic rings. The monoisotopic (exact) mass is 756 g/mol. The van der Waals surface area contributed by atoms with Gasteiger partial charge in [0, 0.05) is 54.5 Å². The van der Waals surface area contributed by atoms with Crippen LogP contribution >= 0.6 is 11.3 Å². The third kappa shape index (κ3) is 4.49. The molecule has 0 saturated heterocycles. The molecule has 0 fully saturated rings. The zero-order valence-electron chi connectivity index (χ0n) is 31.2. The van der Waals surface area contributed by atoms with E-state index in [2.05, 4.69) is 204 Å². The topological polar surface area (TPSA) is 19.6 Å². The summed E-state index contributed by atoms with van der Waals surface area (Å²) >= 11 is 1.87. The van der Waals surface area contributed by atoms with Crippen LogP contribution in [0.15, 0.2) is 199 Å². The normalized spacial score (nSPS) is 12.1. The Hall–Kier alpha value is -7.40. The maximum Gasteiger partial charge on any atom is 0.138 e. The number of hydrogen-bond acceptors (Lipinski definition) is 4. The van der Waals surface area contributed by atoms with Gasteiger partial charge in [0.1, 0.15) is 11.2 Å². The largest absolute Gasteiger partial charge is 0.456 e. The van der Waals surface area contributed by atoms with Crippen molar-refractivity contribution >= 4 is 131 Å². The number of anilines is 6. The van der Waals surface area contributed by atoms with E-state index in [-0.39, 0.29) is 0 Å². The molecule has 0 N–H and O–H groups in total. The van der Waals surface area contributed by atoms with E-state index in [1.54, 1.807) is 0 Å². The first kappa shape index (κ1) is 31.8. The number of hydrogen-bond donors (Lipinski definition) is 0. The highest BCUT2D eigenvalue weighted by molar-refractivity contribution is 7.26. The first-order valence-electron chi connectivity index (χ1n) is 19.8. The number of furan rings is 1. The molecule has 0 aliphatic heterocycles. The number of para-hydroxylation sites is 2. The molecule has 0 atom stereocenters. The lowest BCUT2D eigenvalue weighted by Gasteiger charge is -2.29. The van der Waals surface area contributed by atoms with Crippen LogP contribution in [0.2, 0.25) is 0 Å². The van der Waals surface area contributed by atoms with Gasteiger partial charge in [-0.2, -0.15) is 0 Å². The summed E-state index contributed by atoms with van der Waals surface area (Å²) in [6.07, 6.45) is 0. The highest BCUT2D eigenvalue weighted by Crippen LogP contribution is 2.50. The molecule has 4 heteroatoms. The highest BCUT2D eigenvalue weighted by atomic mass is 32.1. The second-order valence-corrected chi connectivity index (χ2v) is 16.3. The van der Waals surface area contributed by atoms with Crippen molar-refractivity contribution in [3.63, 3.8) is 0 Å². The molecule has 58 heavy (non-hydrogen) atoms. The van der Waals surface area contributed by atoms with E-state index in [1.807, 2.05) is 11.3 Å². The predicted molar refractivity (Wildman–Crippen MR) is 248 cm³/mol. The molecule has 0 aliphatic rings. The minimum Gasteiger partial charge on any atom is -0.456 e. The average molecular weight is 757 g/mol. The molecule has 0 saturated carbocycles. The smallest absolute Gasteiger partial charge is 0.138 e. The highest BCUT2D eigenvalue weighted by Gasteiger charge is 2.24. The first-order chi connectivity index (χ1) is 28.8. The number of rotatable bonds is 6. The van der Waals surface area contributed by atoms with Gasteiger partial charge in [-0.3, -0.25) is 0 Å². The molecule has 0 bridgehead atoms. The minimum atomic E-state index is 0.900. The average Bonchev–Trinajstić information content (AvgIpc) is 3.86. The van der Waals surface area contributed by atoms with Crippen LogP contribution in [0.5, 0.6) is 0 Å². The van der Waals surface area contributed by atoms with E-state index in [9.17, 15) is 0 Å². The van der Waals surface area contributed by atoms with Crippen molar-refractivity contribution in [1.29, 1.82) is 0 Å². The molecule has 2 heterocycles. The zero-order chi connectivity index (χ0) is 37.9. The first-order valence-corrected chi connectivity index (χ1v) is 20.6. The fourth-order valence-corrected chi connectivity index (χ4v) is 10.8. The standard InChI is InChI=1S/C54H32N2OS/c1-3-12-37(13-4-1)55(39-31-36-22-21-33-11-9-19-47-52(33)53(36)48(32-39)57-47)44-29-25-34-24-28-43-45(30-26-35-23-27-42(44)50(34)51(35)43)56(38-14-5-2-6-15-38)46-18-10-17-41-40-16-7-8-20-49(40)58-54(41)46/h1-32H. The van der Waals surface area contributed by atoms with E-state index >= 15 is 0 Å². The Bertz CT molecular complexity index is 3700. The van der Waals surface area contributed by atoms with Gasteiger partial charge in [0.15, 0.2) is 0 Å². The third-order valence-corrected chi connectivity index (χ3v) is 13.3. The van der Waals surface area contributed by atoms with Gasteiger partial charge in [0.05, 0.1) is 27.4 Å². The summed E-state index contributed by atoms with van der Waals surface area (Å²) in [6, 6.07) is 70.8. The minimum absolute atomic E-state index is 0.900. The molecule has 0 radical (unpaired) electrons. The summed E-state index contributed by atoms with van der Waals surface area (Å²) in [5.74, 6) is 0. The number of benzene rings is 11. The maximum atomic E-state index is 6.58. The van der Waals surface area contributed by atoms with Gasteiger partial charge in [-0.1, -0.05) is 127 Å². The van der Waals surface area contributed by atoms with Crippen molar-refractivity contribution in [3.8, 4) is 0 Å². The predicted octanol–water partition coefficient (Wildman–Crippen LogP) is 16.4. The molecule has 13 rings (SSSR count). The summed E-state index contributed by atoms with van der Waals surface area (Å²) in [5, 5.41) is 14.7. The number of thiophene rings is 1. The van der Waals surface area contributed by atoms with Crippen LogP contribution in [-0.2, 0) is 0 Å². The summed E-state index contributed by atoms with van der Waals surface area (Å²) in [4.78, 5) is 4.87. The lowest BCUT2D eigenvalue weighted by atomic mass is 9.91. The Morgan fingerprint density at radius 3 is 1.66 bits per heavy atom. The van der Waals surface area contributed by atoms with E-state index in [1.165, 1.54) is 79.7 Å². The molecule has 3 nitrogen and oxygen atoms in total. The van der Waals surface area contributed by atoms with Crippen molar-refractivity contribution in [2.24, 2.45) is 0 Å². The maximum absolute atomic E-state index is 6.58. The molecule has 0 spiro atoms. The van der Waals surface area contributed by atoms with Crippen LogP contribution in [0.4, 0.5) is 34.1 Å². The molecular formula is C54H32N2OS. The van der Waals surface area contributed by atoms with Gasteiger partial charge in [0.25, 0.3) is 0 Å². The molecule has 11 aromatic carbocycles. The fraction of sp³-hybridized carbons (Fsp3) is 0. The van der Waals surface area contributed by atoms with Crippen molar-refractivity contribution in [1.82, 2.24) is 0 Å². The number of nitrogens with zero attached hydrogens (tertiary/aromatic N) is 2.